The van der Waals surface area contributed by atoms with Crippen LogP contribution in [0.1, 0.15) is 95.5 Å². The van der Waals surface area contributed by atoms with Crippen molar-refractivity contribution < 1.29 is 60.7 Å². The lowest BCUT2D eigenvalue weighted by Gasteiger charge is -2.32. The van der Waals surface area contributed by atoms with Crippen LogP contribution in [-0.2, 0) is 44.7 Å². The molecule has 0 unspecified atom stereocenters. The summed E-state index contributed by atoms with van der Waals surface area (Å²) in [5.41, 5.74) is -0.494. The van der Waals surface area contributed by atoms with E-state index in [0.717, 1.165) is 32.1 Å². The van der Waals surface area contributed by atoms with Gasteiger partial charge in [0, 0.05) is 24.1 Å². The number of pyridine rings is 1. The minimum absolute atomic E-state index is 0.0401. The Balaban J connectivity index is 1.15. The summed E-state index contributed by atoms with van der Waals surface area (Å²) in [5, 5.41) is 5.75. The summed E-state index contributed by atoms with van der Waals surface area (Å²) >= 11 is 0. The zero-order chi connectivity index (χ0) is 45.2. The largest absolute Gasteiger partial charge is 0.492 e. The molecule has 64 heavy (non-hydrogen) atoms. The first kappa shape index (κ1) is 46.0. The van der Waals surface area contributed by atoms with E-state index in [-0.39, 0.29) is 62.8 Å². The molecular formula is C44H58N5O13PS. The van der Waals surface area contributed by atoms with Crippen LogP contribution in [0.4, 0.5) is 4.79 Å². The highest BCUT2D eigenvalue weighted by Crippen LogP contribution is 2.46. The highest BCUT2D eigenvalue weighted by atomic mass is 32.2. The average Bonchev–Trinajstić information content (AvgIpc) is 4.04. The molecule has 2 aromatic rings. The van der Waals surface area contributed by atoms with Crippen molar-refractivity contribution in [1.29, 1.82) is 0 Å². The molecule has 1 aromatic carbocycles. The minimum Gasteiger partial charge on any atom is -0.492 e. The van der Waals surface area contributed by atoms with Crippen LogP contribution in [0, 0.1) is 17.8 Å². The zero-order valence-corrected chi connectivity index (χ0v) is 37.4. The molecule has 0 radical (unpaired) electrons. The van der Waals surface area contributed by atoms with Crippen LogP contribution in [0.2, 0.25) is 0 Å². The van der Waals surface area contributed by atoms with Crippen molar-refractivity contribution in [3.63, 3.8) is 0 Å². The Hall–Kier alpha value is -4.55. The van der Waals surface area contributed by atoms with Gasteiger partial charge in [-0.1, -0.05) is 43.2 Å². The second-order valence-corrected chi connectivity index (χ2v) is 21.2. The van der Waals surface area contributed by atoms with Gasteiger partial charge < -0.3 is 39.5 Å². The molecule has 4 aliphatic carbocycles. The summed E-state index contributed by atoms with van der Waals surface area (Å²) in [4.78, 5) is 81.8. The maximum atomic E-state index is 15.0. The van der Waals surface area contributed by atoms with Crippen molar-refractivity contribution in [2.75, 3.05) is 19.8 Å². The number of hydrogen-bond acceptors (Lipinski definition) is 12. The molecule has 0 spiro atoms. The number of fused-ring (bicyclic) bond motifs is 5. The van der Waals surface area contributed by atoms with Crippen molar-refractivity contribution >= 4 is 52.6 Å². The van der Waals surface area contributed by atoms with Gasteiger partial charge in [-0.2, -0.15) is 0 Å². The molecule has 2 aliphatic heterocycles. The van der Waals surface area contributed by atoms with Gasteiger partial charge in [0.2, 0.25) is 27.7 Å². The Labute approximate surface area is 372 Å². The summed E-state index contributed by atoms with van der Waals surface area (Å²) in [6.07, 6.45) is 12.1. The Kier molecular flexibility index (Phi) is 13.7. The first-order chi connectivity index (χ1) is 30.7. The Morgan fingerprint density at radius 3 is 2.52 bits per heavy atom. The van der Waals surface area contributed by atoms with Gasteiger partial charge >= 0.3 is 13.9 Å². The molecule has 5 N–H and O–H groups in total. The number of sulfonamides is 1. The van der Waals surface area contributed by atoms with Gasteiger partial charge in [0.15, 0.2) is 0 Å². The number of alkyl carbamates (subject to hydrolysis) is 1. The second-order valence-electron chi connectivity index (χ2n) is 18.0. The van der Waals surface area contributed by atoms with Gasteiger partial charge in [-0.3, -0.25) is 23.6 Å². The van der Waals surface area contributed by atoms with Crippen LogP contribution < -0.4 is 24.8 Å². The molecule has 4 amide bonds. The van der Waals surface area contributed by atoms with E-state index in [4.69, 9.17) is 19.2 Å². The normalized spacial score (nSPS) is 29.6. The number of phosphoric ester groups is 1. The monoisotopic (exact) mass is 927 g/mol. The lowest BCUT2D eigenvalue weighted by Crippen LogP contribution is -2.59. The number of aromatic nitrogens is 1. The van der Waals surface area contributed by atoms with Crippen LogP contribution in [0.3, 0.4) is 0 Å². The summed E-state index contributed by atoms with van der Waals surface area (Å²) in [7, 11) is -8.63. The smallest absolute Gasteiger partial charge is 0.469 e. The number of benzene rings is 1. The summed E-state index contributed by atoms with van der Waals surface area (Å²) in [5.74, 6) is -2.08. The fourth-order valence-electron chi connectivity index (χ4n) is 9.88. The number of para-hydroxylation sites is 1. The van der Waals surface area contributed by atoms with E-state index in [0.29, 0.717) is 67.2 Å². The molecule has 18 nitrogen and oxygen atoms in total. The quantitative estimate of drug-likeness (QED) is 0.106. The number of ether oxygens (including phenoxy) is 3. The number of carbonyl (C=O) groups excluding carboxylic acids is 4. The molecule has 3 heterocycles. The minimum atomic E-state index is -4.68. The Morgan fingerprint density at radius 2 is 1.78 bits per heavy atom. The van der Waals surface area contributed by atoms with E-state index < -0.39 is 76.6 Å². The standard InChI is InChI=1S/C44H58N5O13PS/c1-2-29-25-44(29,42(52)48-64(57,58)31-20-21-31)47-39(50)35-24-30-26-49(35)41(51)37(28-13-6-7-14-28)46-43(53)62-36-19-10-15-27(36)12-4-3-5-17-33-38(59-22-11-23-60-63(54,55)56)32-16-8-9-18-34(32)45-40(33)61-30/h2-3,5,8-9,16,18,27-31,35-37H,1,4,6-7,10-15,17,19-26H2,(H,46,53)(H,47,50)(H,48,52)(H2,54,55,56)/b5-3-/t27-,29-,30-,35+,36-,37+,44-/m1/s1. The predicted octanol–water partition coefficient (Wildman–Crippen LogP) is 4.48. The van der Waals surface area contributed by atoms with Crippen LogP contribution in [0.15, 0.2) is 49.1 Å². The highest BCUT2D eigenvalue weighted by molar-refractivity contribution is 7.91. The van der Waals surface area contributed by atoms with Gasteiger partial charge in [-0.05, 0) is 94.6 Å². The fourth-order valence-corrected chi connectivity index (χ4v) is 11.6. The molecule has 348 valence electrons. The maximum Gasteiger partial charge on any atom is 0.469 e. The van der Waals surface area contributed by atoms with Crippen LogP contribution in [0.25, 0.3) is 10.9 Å². The number of nitrogens with one attached hydrogen (secondary N) is 3. The third-order valence-corrected chi connectivity index (χ3v) is 15.9. The van der Waals surface area contributed by atoms with Crippen LogP contribution in [0.5, 0.6) is 11.6 Å². The summed E-state index contributed by atoms with van der Waals surface area (Å²) in [6, 6.07) is 5.07. The highest BCUT2D eigenvalue weighted by Gasteiger charge is 2.62. The molecule has 7 atom stereocenters. The SMILES string of the molecule is C=C[C@@H]1C[C@]1(NC(=O)[C@@H]1C[C@@H]2CN1C(=O)[C@H](C1CCCC1)NC(=O)O[C@@H]1CCC[C@H]1CC/C=C\Cc1c(nc3ccccc3c1OCCCOP(=O)(O)O)O2)C(=O)NS(=O)(=O)C1CC1. The van der Waals surface area contributed by atoms with Gasteiger partial charge in [-0.15, -0.1) is 6.58 Å². The van der Waals surface area contributed by atoms with Crippen molar-refractivity contribution in [1.82, 2.24) is 25.2 Å². The first-order valence-electron chi connectivity index (χ1n) is 22.5. The lowest BCUT2D eigenvalue weighted by molar-refractivity contribution is -0.142. The van der Waals surface area contributed by atoms with E-state index in [1.165, 1.54) is 11.0 Å². The third kappa shape index (κ3) is 10.4. The number of phosphoric acid groups is 1. The molecule has 1 saturated heterocycles. The van der Waals surface area contributed by atoms with Gasteiger partial charge in [0.05, 0.1) is 36.1 Å². The Bertz CT molecular complexity index is 2310. The molecule has 1 aromatic heterocycles. The van der Waals surface area contributed by atoms with E-state index in [9.17, 15) is 37.2 Å². The van der Waals surface area contributed by atoms with E-state index in [1.807, 2.05) is 24.3 Å². The second kappa shape index (κ2) is 19.1. The number of rotatable bonds is 13. The predicted molar refractivity (Wildman–Crippen MR) is 232 cm³/mol. The molecule has 5 fully saturated rings. The van der Waals surface area contributed by atoms with Gasteiger partial charge in [0.1, 0.15) is 35.6 Å². The van der Waals surface area contributed by atoms with Crippen molar-refractivity contribution in [2.45, 2.75) is 131 Å². The Morgan fingerprint density at radius 1 is 1.02 bits per heavy atom. The van der Waals surface area contributed by atoms with E-state index in [2.05, 4.69) is 32.5 Å². The fraction of sp³-hybridized carbons (Fsp3) is 0.614. The number of allylic oxidation sites excluding steroid dienone is 2. The number of nitrogens with zero attached hydrogens (tertiary/aromatic N) is 2. The zero-order valence-electron chi connectivity index (χ0n) is 35.7. The molecule has 6 aliphatic rings. The summed E-state index contributed by atoms with van der Waals surface area (Å²) in [6.45, 7) is 3.51. The van der Waals surface area contributed by atoms with Gasteiger partial charge in [-0.25, -0.2) is 22.8 Å². The number of amides is 4. The maximum absolute atomic E-state index is 15.0. The third-order valence-electron chi connectivity index (χ3n) is 13.5. The van der Waals surface area contributed by atoms with Crippen molar-refractivity contribution in [3.05, 3.63) is 54.6 Å². The number of carbonyl (C=O) groups is 4. The molecule has 8 rings (SSSR count). The van der Waals surface area contributed by atoms with Crippen LogP contribution in [-0.4, -0.2) is 107 Å². The van der Waals surface area contributed by atoms with Gasteiger partial charge in [0.25, 0.3) is 5.91 Å². The molecule has 4 saturated carbocycles. The number of hydrogen-bond donors (Lipinski definition) is 5. The van der Waals surface area contributed by atoms with Crippen LogP contribution >= 0.6 is 7.82 Å². The van der Waals surface area contributed by atoms with Crippen molar-refractivity contribution in [3.8, 4) is 11.6 Å². The topological polar surface area (TPSA) is 249 Å². The molecule has 20 heteroatoms. The van der Waals surface area contributed by atoms with E-state index >= 15 is 4.79 Å². The van der Waals surface area contributed by atoms with E-state index in [1.54, 1.807) is 6.07 Å². The lowest BCUT2D eigenvalue weighted by atomic mass is 9.96. The van der Waals surface area contributed by atoms with Crippen molar-refractivity contribution in [2.24, 2.45) is 17.8 Å². The molecule has 2 bridgehead atoms. The first-order valence-corrected chi connectivity index (χ1v) is 25.6. The molecular weight excluding hydrogens is 870 g/mol. The average molecular weight is 928 g/mol. The summed E-state index contributed by atoms with van der Waals surface area (Å²) < 4.78 is 63.1.